The van der Waals surface area contributed by atoms with Crippen LogP contribution in [0.3, 0.4) is 0 Å². The van der Waals surface area contributed by atoms with Gasteiger partial charge in [-0.2, -0.15) is 0 Å². The van der Waals surface area contributed by atoms with Crippen LogP contribution in [0.4, 0.5) is 0 Å². The summed E-state index contributed by atoms with van der Waals surface area (Å²) in [5.74, 6) is 0.897. The molecule has 0 aliphatic rings. The minimum Gasteiger partial charge on any atom is -0.490 e. The molecule has 0 aliphatic heterocycles. The van der Waals surface area contributed by atoms with E-state index in [1.54, 1.807) is 37.4 Å². The van der Waals surface area contributed by atoms with Crippen LogP contribution in [0.1, 0.15) is 53.0 Å². The largest absolute Gasteiger partial charge is 0.490 e. The molecule has 0 saturated carbocycles. The number of ether oxygens (including phenoxy) is 2. The van der Waals surface area contributed by atoms with Crippen molar-refractivity contribution in [2.75, 3.05) is 20.3 Å². The molecular weight excluding hydrogens is 356 g/mol. The maximum absolute atomic E-state index is 12.5. The molecule has 0 bridgehead atoms. The number of amides is 2. The lowest BCUT2D eigenvalue weighted by Gasteiger charge is -2.13. The van der Waals surface area contributed by atoms with E-state index in [1.807, 2.05) is 26.0 Å². The Morgan fingerprint density at radius 2 is 1.43 bits per heavy atom. The SMILES string of the molecule is CCCOc1ccc(C(=O)NCc2ccc(C(=O)NC)cc2)cc1OCCC. The molecule has 6 heteroatoms. The highest BCUT2D eigenvalue weighted by molar-refractivity contribution is 5.95. The normalized spacial score (nSPS) is 10.2. The number of carbonyl (C=O) groups is 2. The molecule has 0 radical (unpaired) electrons. The van der Waals surface area contributed by atoms with Gasteiger partial charge in [0, 0.05) is 24.7 Å². The molecule has 2 aromatic rings. The number of benzene rings is 2. The lowest BCUT2D eigenvalue weighted by molar-refractivity contribution is 0.0945. The number of rotatable bonds is 10. The van der Waals surface area contributed by atoms with E-state index in [0.29, 0.717) is 42.4 Å². The van der Waals surface area contributed by atoms with Crippen molar-refractivity contribution in [2.45, 2.75) is 33.2 Å². The molecule has 0 unspecified atom stereocenters. The quantitative estimate of drug-likeness (QED) is 0.657. The van der Waals surface area contributed by atoms with Gasteiger partial charge in [-0.1, -0.05) is 26.0 Å². The average molecular weight is 384 g/mol. The highest BCUT2D eigenvalue weighted by atomic mass is 16.5. The van der Waals surface area contributed by atoms with Crippen molar-refractivity contribution in [1.29, 1.82) is 0 Å². The fraction of sp³-hybridized carbons (Fsp3) is 0.364. The summed E-state index contributed by atoms with van der Waals surface area (Å²) in [5, 5.41) is 5.47. The molecular formula is C22H28N2O4. The third-order valence-corrected chi connectivity index (χ3v) is 4.03. The van der Waals surface area contributed by atoms with Crippen LogP contribution in [0.5, 0.6) is 11.5 Å². The predicted octanol–water partition coefficient (Wildman–Crippen LogP) is 3.55. The van der Waals surface area contributed by atoms with Crippen LogP contribution in [-0.2, 0) is 6.54 Å². The predicted molar refractivity (Wildman–Crippen MR) is 109 cm³/mol. The highest BCUT2D eigenvalue weighted by Crippen LogP contribution is 2.29. The molecule has 0 fully saturated rings. The minimum atomic E-state index is -0.196. The molecule has 150 valence electrons. The van der Waals surface area contributed by atoms with Crippen molar-refractivity contribution in [3.05, 3.63) is 59.2 Å². The van der Waals surface area contributed by atoms with E-state index in [-0.39, 0.29) is 11.8 Å². The van der Waals surface area contributed by atoms with Crippen LogP contribution in [0, 0.1) is 0 Å². The standard InChI is InChI=1S/C22H28N2O4/c1-4-12-27-19-11-10-18(14-20(19)28-13-5-2)22(26)24-15-16-6-8-17(9-7-16)21(25)23-3/h6-11,14H,4-5,12-13,15H2,1-3H3,(H,23,25)(H,24,26). The van der Waals surface area contributed by atoms with Crippen molar-refractivity contribution < 1.29 is 19.1 Å². The molecule has 2 rings (SSSR count). The van der Waals surface area contributed by atoms with E-state index < -0.39 is 0 Å². The second kappa shape index (κ2) is 11.0. The van der Waals surface area contributed by atoms with Gasteiger partial charge in [-0.25, -0.2) is 0 Å². The molecule has 6 nitrogen and oxygen atoms in total. The zero-order valence-corrected chi connectivity index (χ0v) is 16.7. The Morgan fingerprint density at radius 3 is 2.04 bits per heavy atom. The first-order valence-electron chi connectivity index (χ1n) is 9.57. The van der Waals surface area contributed by atoms with Crippen LogP contribution in [0.2, 0.25) is 0 Å². The maximum Gasteiger partial charge on any atom is 0.251 e. The van der Waals surface area contributed by atoms with E-state index >= 15 is 0 Å². The topological polar surface area (TPSA) is 76.7 Å². The summed E-state index contributed by atoms with van der Waals surface area (Å²) in [6, 6.07) is 12.3. The first-order chi connectivity index (χ1) is 13.6. The van der Waals surface area contributed by atoms with Gasteiger partial charge in [0.05, 0.1) is 13.2 Å². The van der Waals surface area contributed by atoms with Crippen molar-refractivity contribution in [3.8, 4) is 11.5 Å². The van der Waals surface area contributed by atoms with Gasteiger partial charge < -0.3 is 20.1 Å². The summed E-state index contributed by atoms with van der Waals surface area (Å²) < 4.78 is 11.4. The van der Waals surface area contributed by atoms with E-state index in [2.05, 4.69) is 10.6 Å². The monoisotopic (exact) mass is 384 g/mol. The van der Waals surface area contributed by atoms with Gasteiger partial charge in [-0.05, 0) is 48.7 Å². The van der Waals surface area contributed by atoms with E-state index in [9.17, 15) is 9.59 Å². The maximum atomic E-state index is 12.5. The third-order valence-electron chi connectivity index (χ3n) is 4.03. The number of hydrogen-bond donors (Lipinski definition) is 2. The summed E-state index contributed by atoms with van der Waals surface area (Å²) in [6.45, 7) is 5.59. The van der Waals surface area contributed by atoms with E-state index in [1.165, 1.54) is 0 Å². The van der Waals surface area contributed by atoms with Gasteiger partial charge in [0.15, 0.2) is 11.5 Å². The Hall–Kier alpha value is -3.02. The Bertz CT molecular complexity index is 788. The lowest BCUT2D eigenvalue weighted by Crippen LogP contribution is -2.23. The van der Waals surface area contributed by atoms with Crippen LogP contribution < -0.4 is 20.1 Å². The molecule has 2 aromatic carbocycles. The molecule has 28 heavy (non-hydrogen) atoms. The molecule has 2 amide bonds. The van der Waals surface area contributed by atoms with Crippen molar-refractivity contribution in [1.82, 2.24) is 10.6 Å². The number of hydrogen-bond acceptors (Lipinski definition) is 4. The van der Waals surface area contributed by atoms with Gasteiger partial charge in [-0.3, -0.25) is 9.59 Å². The minimum absolute atomic E-state index is 0.138. The number of nitrogens with one attached hydrogen (secondary N) is 2. The van der Waals surface area contributed by atoms with Gasteiger partial charge in [0.1, 0.15) is 0 Å². The Morgan fingerprint density at radius 1 is 0.821 bits per heavy atom. The van der Waals surface area contributed by atoms with Gasteiger partial charge in [0.2, 0.25) is 0 Å². The summed E-state index contributed by atoms with van der Waals surface area (Å²) in [6.07, 6.45) is 1.77. The van der Waals surface area contributed by atoms with Gasteiger partial charge >= 0.3 is 0 Å². The third kappa shape index (κ3) is 6.01. The van der Waals surface area contributed by atoms with Crippen molar-refractivity contribution in [2.24, 2.45) is 0 Å². The zero-order chi connectivity index (χ0) is 20.4. The van der Waals surface area contributed by atoms with Crippen molar-refractivity contribution >= 4 is 11.8 Å². The number of carbonyl (C=O) groups excluding carboxylic acids is 2. The molecule has 0 atom stereocenters. The summed E-state index contributed by atoms with van der Waals surface area (Å²) in [4.78, 5) is 24.1. The molecule has 0 aromatic heterocycles. The second-order valence-corrected chi connectivity index (χ2v) is 6.32. The van der Waals surface area contributed by atoms with Crippen LogP contribution in [0.15, 0.2) is 42.5 Å². The fourth-order valence-electron chi connectivity index (χ4n) is 2.51. The lowest BCUT2D eigenvalue weighted by atomic mass is 10.1. The first-order valence-corrected chi connectivity index (χ1v) is 9.57. The molecule has 2 N–H and O–H groups in total. The highest BCUT2D eigenvalue weighted by Gasteiger charge is 2.12. The van der Waals surface area contributed by atoms with Crippen molar-refractivity contribution in [3.63, 3.8) is 0 Å². The molecule has 0 saturated heterocycles. The van der Waals surface area contributed by atoms with E-state index in [0.717, 1.165) is 18.4 Å². The van der Waals surface area contributed by atoms with Crippen LogP contribution >= 0.6 is 0 Å². The van der Waals surface area contributed by atoms with Crippen LogP contribution in [0.25, 0.3) is 0 Å². The Labute approximate surface area is 166 Å². The van der Waals surface area contributed by atoms with Gasteiger partial charge in [0.25, 0.3) is 11.8 Å². The van der Waals surface area contributed by atoms with Gasteiger partial charge in [-0.15, -0.1) is 0 Å². The summed E-state index contributed by atoms with van der Waals surface area (Å²) in [5.41, 5.74) is 2.00. The zero-order valence-electron chi connectivity index (χ0n) is 16.7. The Kier molecular flexibility index (Phi) is 8.34. The second-order valence-electron chi connectivity index (χ2n) is 6.32. The fourth-order valence-corrected chi connectivity index (χ4v) is 2.51. The molecule has 0 aliphatic carbocycles. The smallest absolute Gasteiger partial charge is 0.251 e. The summed E-state index contributed by atoms with van der Waals surface area (Å²) in [7, 11) is 1.59. The Balaban J connectivity index is 2.03. The average Bonchev–Trinajstić information content (AvgIpc) is 2.74. The first kappa shape index (κ1) is 21.3. The van der Waals surface area contributed by atoms with E-state index in [4.69, 9.17) is 9.47 Å². The van der Waals surface area contributed by atoms with Crippen LogP contribution in [-0.4, -0.2) is 32.1 Å². The molecule has 0 heterocycles. The summed E-state index contributed by atoms with van der Waals surface area (Å²) >= 11 is 0. The molecule has 0 spiro atoms.